The van der Waals surface area contributed by atoms with Gasteiger partial charge in [0.05, 0.1) is 5.75 Å². The van der Waals surface area contributed by atoms with E-state index in [0.717, 1.165) is 11.3 Å². The highest BCUT2D eigenvalue weighted by Gasteiger charge is 2.09. The molecule has 4 nitrogen and oxygen atoms in total. The summed E-state index contributed by atoms with van der Waals surface area (Å²) in [6, 6.07) is 8.10. The summed E-state index contributed by atoms with van der Waals surface area (Å²) >= 11 is 0. The van der Waals surface area contributed by atoms with Crippen molar-refractivity contribution in [1.82, 2.24) is 5.32 Å². The summed E-state index contributed by atoms with van der Waals surface area (Å²) in [5.74, 6) is 0.976. The molecule has 0 saturated heterocycles. The Bertz CT molecular complexity index is 483. The van der Waals surface area contributed by atoms with Gasteiger partial charge in [-0.05, 0) is 6.07 Å². The monoisotopic (exact) mass is 285 g/mol. The number of rotatable bonds is 8. The fourth-order valence-electron chi connectivity index (χ4n) is 1.53. The van der Waals surface area contributed by atoms with Crippen LogP contribution >= 0.6 is 0 Å². The van der Waals surface area contributed by atoms with Crippen molar-refractivity contribution in [2.24, 2.45) is 0 Å². The Morgan fingerprint density at radius 3 is 2.58 bits per heavy atom. The lowest BCUT2D eigenvalue weighted by atomic mass is 10.2. The zero-order valence-electron chi connectivity index (χ0n) is 11.8. The fraction of sp³-hybridized carbons (Fsp3) is 0.571. The van der Waals surface area contributed by atoms with Gasteiger partial charge in [0.15, 0.2) is 9.84 Å². The highest BCUT2D eigenvalue weighted by Crippen LogP contribution is 2.17. The van der Waals surface area contributed by atoms with Crippen LogP contribution in [-0.4, -0.2) is 32.6 Å². The molecule has 0 amide bonds. The van der Waals surface area contributed by atoms with Crippen LogP contribution in [0.1, 0.15) is 26.3 Å². The number of hydrogen-bond acceptors (Lipinski definition) is 4. The summed E-state index contributed by atoms with van der Waals surface area (Å²) < 4.78 is 28.4. The maximum Gasteiger partial charge on any atom is 0.153 e. The van der Waals surface area contributed by atoms with Crippen LogP contribution in [0, 0.1) is 0 Å². The highest BCUT2D eigenvalue weighted by atomic mass is 32.2. The third-order valence-corrected chi connectivity index (χ3v) is 4.43. The van der Waals surface area contributed by atoms with E-state index >= 15 is 0 Å². The quantitative estimate of drug-likeness (QED) is 0.793. The second-order valence-electron chi connectivity index (χ2n) is 4.73. The van der Waals surface area contributed by atoms with Crippen molar-refractivity contribution < 1.29 is 13.2 Å². The Labute approximate surface area is 116 Å². The van der Waals surface area contributed by atoms with E-state index in [9.17, 15) is 8.42 Å². The van der Waals surface area contributed by atoms with Gasteiger partial charge in [0.2, 0.25) is 0 Å². The third kappa shape index (κ3) is 6.07. The van der Waals surface area contributed by atoms with E-state index in [2.05, 4.69) is 19.2 Å². The molecular weight excluding hydrogens is 262 g/mol. The van der Waals surface area contributed by atoms with E-state index in [0.29, 0.717) is 12.6 Å². The maximum atomic E-state index is 11.4. The van der Waals surface area contributed by atoms with Gasteiger partial charge in [0, 0.05) is 23.9 Å². The van der Waals surface area contributed by atoms with Crippen LogP contribution in [0.25, 0.3) is 0 Å². The van der Waals surface area contributed by atoms with E-state index < -0.39 is 9.84 Å². The molecule has 1 N–H and O–H groups in total. The number of sulfone groups is 1. The van der Waals surface area contributed by atoms with Gasteiger partial charge in [0.1, 0.15) is 12.4 Å². The lowest BCUT2D eigenvalue weighted by Gasteiger charge is -2.13. The van der Waals surface area contributed by atoms with Gasteiger partial charge in [-0.1, -0.05) is 39.0 Å². The second-order valence-corrected chi connectivity index (χ2v) is 7.20. The summed E-state index contributed by atoms with van der Waals surface area (Å²) in [6.07, 6.45) is 0. The average Bonchev–Trinajstić information content (AvgIpc) is 2.37. The van der Waals surface area contributed by atoms with Crippen molar-refractivity contribution in [2.45, 2.75) is 33.4 Å². The minimum absolute atomic E-state index is 0.0649. The van der Waals surface area contributed by atoms with Crippen molar-refractivity contribution in [3.8, 4) is 5.75 Å². The van der Waals surface area contributed by atoms with Crippen LogP contribution in [0.5, 0.6) is 5.75 Å². The predicted octanol–water partition coefficient (Wildman–Crippen LogP) is 2.00. The first-order valence-electron chi connectivity index (χ1n) is 6.59. The molecule has 1 rings (SSSR count). The molecule has 0 fully saturated rings. The predicted molar refractivity (Wildman–Crippen MR) is 78.2 cm³/mol. The molecule has 0 aliphatic heterocycles. The Morgan fingerprint density at radius 1 is 1.26 bits per heavy atom. The number of ether oxygens (including phenoxy) is 1. The Hall–Kier alpha value is -1.07. The molecule has 0 aliphatic carbocycles. The van der Waals surface area contributed by atoms with Gasteiger partial charge in [-0.15, -0.1) is 0 Å². The Morgan fingerprint density at radius 2 is 1.95 bits per heavy atom. The standard InChI is InChI=1S/C14H23NO3S/c1-4-19(16,17)10-9-18-14-8-6-5-7-13(14)11-15-12(2)3/h5-8,12,15H,4,9-11H2,1-3H3. The summed E-state index contributed by atoms with van der Waals surface area (Å²) in [5.41, 5.74) is 1.05. The smallest absolute Gasteiger partial charge is 0.153 e. The molecule has 0 aliphatic rings. The molecule has 108 valence electrons. The fourth-order valence-corrected chi connectivity index (χ4v) is 2.15. The minimum atomic E-state index is -2.97. The van der Waals surface area contributed by atoms with E-state index in [1.807, 2.05) is 24.3 Å². The van der Waals surface area contributed by atoms with Crippen molar-refractivity contribution in [1.29, 1.82) is 0 Å². The van der Waals surface area contributed by atoms with E-state index in [1.54, 1.807) is 6.92 Å². The van der Waals surface area contributed by atoms with Crippen LogP contribution in [0.4, 0.5) is 0 Å². The van der Waals surface area contributed by atoms with Crippen LogP contribution in [-0.2, 0) is 16.4 Å². The van der Waals surface area contributed by atoms with Gasteiger partial charge >= 0.3 is 0 Å². The largest absolute Gasteiger partial charge is 0.492 e. The Balaban J connectivity index is 2.58. The average molecular weight is 285 g/mol. The molecule has 0 saturated carbocycles. The molecule has 5 heteroatoms. The van der Waals surface area contributed by atoms with Crippen LogP contribution in [0.3, 0.4) is 0 Å². The van der Waals surface area contributed by atoms with Crippen LogP contribution in [0.2, 0.25) is 0 Å². The lowest BCUT2D eigenvalue weighted by Crippen LogP contribution is -2.22. The molecule has 0 radical (unpaired) electrons. The molecule has 0 unspecified atom stereocenters. The lowest BCUT2D eigenvalue weighted by molar-refractivity contribution is 0.335. The zero-order chi connectivity index (χ0) is 14.3. The van der Waals surface area contributed by atoms with E-state index in [1.165, 1.54) is 0 Å². The SMILES string of the molecule is CCS(=O)(=O)CCOc1ccccc1CNC(C)C. The van der Waals surface area contributed by atoms with Crippen molar-refractivity contribution >= 4 is 9.84 Å². The molecule has 0 atom stereocenters. The summed E-state index contributed by atoms with van der Waals surface area (Å²) in [7, 11) is -2.97. The van der Waals surface area contributed by atoms with Crippen molar-refractivity contribution in [3.05, 3.63) is 29.8 Å². The minimum Gasteiger partial charge on any atom is -0.492 e. The Kier molecular flexibility index (Phi) is 6.31. The number of para-hydroxylation sites is 1. The van der Waals surface area contributed by atoms with Gasteiger partial charge in [-0.25, -0.2) is 8.42 Å². The van der Waals surface area contributed by atoms with Crippen LogP contribution in [0.15, 0.2) is 24.3 Å². The van der Waals surface area contributed by atoms with E-state index in [-0.39, 0.29) is 18.1 Å². The number of nitrogens with one attached hydrogen (secondary N) is 1. The zero-order valence-corrected chi connectivity index (χ0v) is 12.7. The third-order valence-electron chi connectivity index (χ3n) is 2.77. The first-order chi connectivity index (χ1) is 8.94. The normalized spacial score (nSPS) is 11.8. The van der Waals surface area contributed by atoms with Gasteiger partial charge in [-0.3, -0.25) is 0 Å². The molecule has 19 heavy (non-hydrogen) atoms. The van der Waals surface area contributed by atoms with E-state index in [4.69, 9.17) is 4.74 Å². The van der Waals surface area contributed by atoms with Crippen molar-refractivity contribution in [2.75, 3.05) is 18.1 Å². The molecular formula is C14H23NO3S. The molecule has 0 heterocycles. The summed E-state index contributed by atoms with van der Waals surface area (Å²) in [4.78, 5) is 0. The van der Waals surface area contributed by atoms with Crippen molar-refractivity contribution in [3.63, 3.8) is 0 Å². The first kappa shape index (κ1) is 16.0. The number of benzene rings is 1. The second kappa shape index (κ2) is 7.50. The first-order valence-corrected chi connectivity index (χ1v) is 8.41. The maximum absolute atomic E-state index is 11.4. The molecule has 1 aromatic carbocycles. The summed E-state index contributed by atoms with van der Waals surface area (Å²) in [6.45, 7) is 6.73. The molecule has 0 aromatic heterocycles. The molecule has 0 bridgehead atoms. The molecule has 0 spiro atoms. The van der Waals surface area contributed by atoms with Gasteiger partial charge < -0.3 is 10.1 Å². The number of hydrogen-bond donors (Lipinski definition) is 1. The van der Waals surface area contributed by atoms with Crippen LogP contribution < -0.4 is 10.1 Å². The van der Waals surface area contributed by atoms with Gasteiger partial charge in [0.25, 0.3) is 0 Å². The molecule has 1 aromatic rings. The topological polar surface area (TPSA) is 55.4 Å². The van der Waals surface area contributed by atoms with Gasteiger partial charge in [-0.2, -0.15) is 0 Å². The highest BCUT2D eigenvalue weighted by molar-refractivity contribution is 7.91. The summed E-state index contributed by atoms with van der Waals surface area (Å²) in [5, 5.41) is 3.32.